The predicted molar refractivity (Wildman–Crippen MR) is 76.9 cm³/mol. The molecule has 0 saturated heterocycles. The van der Waals surface area contributed by atoms with Gasteiger partial charge in [-0.3, -0.25) is 5.14 Å². The first-order valence-electron chi connectivity index (χ1n) is 6.35. The summed E-state index contributed by atoms with van der Waals surface area (Å²) >= 11 is 0. The van der Waals surface area contributed by atoms with Crippen molar-refractivity contribution in [2.45, 2.75) is 43.8 Å². The molecule has 0 aromatic heterocycles. The van der Waals surface area contributed by atoms with E-state index >= 15 is 0 Å². The number of aliphatic hydroxyl groups excluding tert-OH is 1. The third kappa shape index (κ3) is 4.07. The van der Waals surface area contributed by atoms with Crippen molar-refractivity contribution < 1.29 is 18.1 Å². The standard InChI is InChI=1S/C14H21F2NO2S/c1-10(8-13(2,3)20(17)19)11-5-4-6-12(7-11)14(15,16)9-18/h4-7,10,18H,8-9,17H2,1-3H3/t10-,20?/m1/s1. The number of halogens is 2. The maximum absolute atomic E-state index is 13.5. The minimum atomic E-state index is -3.25. The summed E-state index contributed by atoms with van der Waals surface area (Å²) < 4.78 is 37.8. The fourth-order valence-electron chi connectivity index (χ4n) is 2.10. The van der Waals surface area contributed by atoms with Gasteiger partial charge in [0.05, 0.1) is 15.7 Å². The number of hydrogen-bond acceptors (Lipinski definition) is 2. The topological polar surface area (TPSA) is 63.3 Å². The van der Waals surface area contributed by atoms with Crippen LogP contribution in [0.1, 0.15) is 44.2 Å². The molecule has 1 rings (SSSR count). The molecule has 3 N–H and O–H groups in total. The second kappa shape index (κ2) is 6.28. The van der Waals surface area contributed by atoms with E-state index in [9.17, 15) is 13.0 Å². The Hall–Kier alpha value is -0.850. The van der Waals surface area contributed by atoms with E-state index in [0.717, 1.165) is 0 Å². The molecule has 114 valence electrons. The van der Waals surface area contributed by atoms with Crippen LogP contribution in [0.3, 0.4) is 0 Å². The summed E-state index contributed by atoms with van der Waals surface area (Å²) in [6, 6.07) is 5.96. The first-order chi connectivity index (χ1) is 9.10. The Morgan fingerprint density at radius 2 is 2.00 bits per heavy atom. The van der Waals surface area contributed by atoms with Crippen molar-refractivity contribution in [3.8, 4) is 0 Å². The van der Waals surface area contributed by atoms with Crippen molar-refractivity contribution >= 4 is 11.0 Å². The monoisotopic (exact) mass is 305 g/mol. The van der Waals surface area contributed by atoms with Gasteiger partial charge in [-0.15, -0.1) is 0 Å². The molecule has 0 aliphatic carbocycles. The molecule has 1 aromatic rings. The highest BCUT2D eigenvalue weighted by molar-refractivity contribution is 7.84. The van der Waals surface area contributed by atoms with Crippen molar-refractivity contribution in [2.24, 2.45) is 5.14 Å². The molecule has 0 heterocycles. The normalized spacial score (nSPS) is 15.9. The molecule has 1 unspecified atom stereocenters. The van der Waals surface area contributed by atoms with Crippen LogP contribution in [-0.4, -0.2) is 20.7 Å². The molecule has 0 spiro atoms. The molecule has 2 atom stereocenters. The molecule has 0 aliphatic rings. The predicted octanol–water partition coefficient (Wildman–Crippen LogP) is 2.67. The molecule has 1 aromatic carbocycles. The average molecular weight is 305 g/mol. The molecule has 20 heavy (non-hydrogen) atoms. The zero-order valence-electron chi connectivity index (χ0n) is 11.9. The van der Waals surface area contributed by atoms with Crippen LogP contribution in [-0.2, 0) is 16.9 Å². The van der Waals surface area contributed by atoms with Crippen molar-refractivity contribution in [3.63, 3.8) is 0 Å². The van der Waals surface area contributed by atoms with Gasteiger partial charge in [-0.05, 0) is 37.8 Å². The van der Waals surface area contributed by atoms with Crippen molar-refractivity contribution in [3.05, 3.63) is 35.4 Å². The first kappa shape index (κ1) is 17.2. The Kier molecular flexibility index (Phi) is 5.40. The van der Waals surface area contributed by atoms with E-state index in [1.54, 1.807) is 19.9 Å². The molecule has 6 heteroatoms. The number of aliphatic hydroxyl groups is 1. The number of alkyl halides is 2. The van der Waals surface area contributed by atoms with Crippen LogP contribution in [0.4, 0.5) is 8.78 Å². The number of benzene rings is 1. The van der Waals surface area contributed by atoms with Gasteiger partial charge in [-0.2, -0.15) is 8.78 Å². The number of nitrogens with two attached hydrogens (primary N) is 1. The summed E-state index contributed by atoms with van der Waals surface area (Å²) in [6.07, 6.45) is 0.518. The third-order valence-corrected chi connectivity index (χ3v) is 4.67. The highest BCUT2D eigenvalue weighted by Gasteiger charge is 2.32. The molecular formula is C14H21F2NO2S. The Morgan fingerprint density at radius 1 is 1.40 bits per heavy atom. The summed E-state index contributed by atoms with van der Waals surface area (Å²) in [5.41, 5.74) is 0.505. The lowest BCUT2D eigenvalue weighted by Crippen LogP contribution is -2.33. The maximum Gasteiger partial charge on any atom is 0.295 e. The van der Waals surface area contributed by atoms with Gasteiger partial charge in [0.25, 0.3) is 5.92 Å². The molecule has 0 fully saturated rings. The molecule has 0 radical (unpaired) electrons. The summed E-state index contributed by atoms with van der Waals surface area (Å²) in [4.78, 5) is 0. The molecule has 0 saturated carbocycles. The Bertz CT molecular complexity index is 492. The van der Waals surface area contributed by atoms with Crippen molar-refractivity contribution in [1.82, 2.24) is 0 Å². The van der Waals surface area contributed by atoms with E-state index in [4.69, 9.17) is 10.2 Å². The molecule has 3 nitrogen and oxygen atoms in total. The zero-order chi connectivity index (χ0) is 15.6. The molecule has 0 aliphatic heterocycles. The lowest BCUT2D eigenvalue weighted by Gasteiger charge is -2.26. The SMILES string of the molecule is C[C@H](CC(C)(C)S(N)=O)c1cccc(C(F)(F)CO)c1. The summed E-state index contributed by atoms with van der Waals surface area (Å²) in [6.45, 7) is 4.23. The third-order valence-electron chi connectivity index (χ3n) is 3.42. The van der Waals surface area contributed by atoms with Gasteiger partial charge in [-0.1, -0.05) is 25.1 Å². The van der Waals surface area contributed by atoms with Gasteiger partial charge in [0, 0.05) is 5.56 Å². The largest absolute Gasteiger partial charge is 0.390 e. The van der Waals surface area contributed by atoms with Gasteiger partial charge in [-0.25, -0.2) is 4.21 Å². The lowest BCUT2D eigenvalue weighted by atomic mass is 9.90. The summed E-state index contributed by atoms with van der Waals surface area (Å²) in [5, 5.41) is 14.2. The van der Waals surface area contributed by atoms with E-state index in [0.29, 0.717) is 12.0 Å². The average Bonchev–Trinajstić information content (AvgIpc) is 2.38. The Labute approximate surface area is 120 Å². The number of rotatable bonds is 6. The highest BCUT2D eigenvalue weighted by atomic mass is 32.2. The van der Waals surface area contributed by atoms with Gasteiger partial charge < -0.3 is 5.11 Å². The quantitative estimate of drug-likeness (QED) is 0.848. The van der Waals surface area contributed by atoms with E-state index < -0.39 is 28.3 Å². The first-order valence-corrected chi connectivity index (χ1v) is 7.57. The smallest absolute Gasteiger partial charge is 0.295 e. The van der Waals surface area contributed by atoms with Crippen LogP contribution in [0, 0.1) is 0 Å². The van der Waals surface area contributed by atoms with E-state index in [2.05, 4.69) is 0 Å². The van der Waals surface area contributed by atoms with Crippen molar-refractivity contribution in [2.75, 3.05) is 6.61 Å². The fourth-order valence-corrected chi connectivity index (χ4v) is 2.52. The van der Waals surface area contributed by atoms with Crippen LogP contribution in [0.5, 0.6) is 0 Å². The molecular weight excluding hydrogens is 284 g/mol. The van der Waals surface area contributed by atoms with Gasteiger partial charge in [0.2, 0.25) is 0 Å². The summed E-state index contributed by atoms with van der Waals surface area (Å²) in [7, 11) is -1.48. The lowest BCUT2D eigenvalue weighted by molar-refractivity contribution is -0.0556. The second-order valence-corrected chi connectivity index (χ2v) is 7.35. The van der Waals surface area contributed by atoms with Gasteiger partial charge in [0.1, 0.15) is 6.61 Å². The van der Waals surface area contributed by atoms with Crippen LogP contribution in [0.2, 0.25) is 0 Å². The van der Waals surface area contributed by atoms with E-state index in [-0.39, 0.29) is 11.5 Å². The van der Waals surface area contributed by atoms with E-state index in [1.807, 2.05) is 6.92 Å². The minimum Gasteiger partial charge on any atom is -0.390 e. The van der Waals surface area contributed by atoms with Crippen LogP contribution in [0.15, 0.2) is 24.3 Å². The minimum absolute atomic E-state index is 0.0630. The van der Waals surface area contributed by atoms with E-state index in [1.165, 1.54) is 18.2 Å². The Morgan fingerprint density at radius 3 is 2.50 bits per heavy atom. The Balaban J connectivity index is 2.98. The second-order valence-electron chi connectivity index (χ2n) is 5.65. The van der Waals surface area contributed by atoms with Gasteiger partial charge in [0.15, 0.2) is 0 Å². The highest BCUT2D eigenvalue weighted by Crippen LogP contribution is 2.32. The maximum atomic E-state index is 13.5. The van der Waals surface area contributed by atoms with Crippen LogP contribution in [0.25, 0.3) is 0 Å². The molecule has 0 bridgehead atoms. The van der Waals surface area contributed by atoms with Gasteiger partial charge >= 0.3 is 0 Å². The zero-order valence-corrected chi connectivity index (χ0v) is 12.7. The fraction of sp³-hybridized carbons (Fsp3) is 0.571. The van der Waals surface area contributed by atoms with Crippen LogP contribution >= 0.6 is 0 Å². The molecule has 0 amide bonds. The number of hydrogen-bond donors (Lipinski definition) is 2. The van der Waals surface area contributed by atoms with Crippen molar-refractivity contribution in [1.29, 1.82) is 0 Å². The summed E-state index contributed by atoms with van der Waals surface area (Å²) in [5.74, 6) is -3.31. The van der Waals surface area contributed by atoms with Crippen LogP contribution < -0.4 is 5.14 Å².